The van der Waals surface area contributed by atoms with Gasteiger partial charge in [0.2, 0.25) is 16.9 Å². The third-order valence-corrected chi connectivity index (χ3v) is 6.17. The number of carbonyl (C=O) groups excluding carboxylic acids is 2. The van der Waals surface area contributed by atoms with Gasteiger partial charge in [-0.05, 0) is 55.9 Å². The fourth-order valence-electron chi connectivity index (χ4n) is 3.78. The Balaban J connectivity index is 1.28. The predicted molar refractivity (Wildman–Crippen MR) is 117 cm³/mol. The van der Waals surface area contributed by atoms with Gasteiger partial charge in [-0.2, -0.15) is 5.10 Å². The van der Waals surface area contributed by atoms with Crippen LogP contribution in [0.2, 0.25) is 0 Å². The van der Waals surface area contributed by atoms with Crippen molar-refractivity contribution in [2.75, 3.05) is 10.6 Å². The van der Waals surface area contributed by atoms with Crippen LogP contribution in [0.3, 0.4) is 0 Å². The van der Waals surface area contributed by atoms with Crippen molar-refractivity contribution < 1.29 is 9.59 Å². The lowest BCUT2D eigenvalue weighted by Crippen LogP contribution is -2.14. The van der Waals surface area contributed by atoms with E-state index in [1.54, 1.807) is 12.3 Å². The Morgan fingerprint density at radius 1 is 1.03 bits per heavy atom. The van der Waals surface area contributed by atoms with Crippen LogP contribution < -0.4 is 10.6 Å². The lowest BCUT2D eigenvalue weighted by atomic mass is 10.00. The molecule has 31 heavy (non-hydrogen) atoms. The lowest BCUT2D eigenvalue weighted by molar-refractivity contribution is -0.116. The maximum atomic E-state index is 12.2. The number of amides is 2. The highest BCUT2D eigenvalue weighted by Gasteiger charge is 2.29. The predicted octanol–water partition coefficient (Wildman–Crippen LogP) is 2.99. The molecular formula is C21H23N7O2S. The van der Waals surface area contributed by atoms with Crippen LogP contribution in [0.4, 0.5) is 10.9 Å². The molecule has 1 aliphatic carbocycles. The van der Waals surface area contributed by atoms with Crippen molar-refractivity contribution in [3.63, 3.8) is 0 Å². The number of pyridine rings is 1. The van der Waals surface area contributed by atoms with E-state index in [1.165, 1.54) is 18.3 Å². The van der Waals surface area contributed by atoms with Gasteiger partial charge in [-0.1, -0.05) is 17.4 Å². The van der Waals surface area contributed by atoms with E-state index in [0.29, 0.717) is 22.8 Å². The molecule has 10 heteroatoms. The van der Waals surface area contributed by atoms with E-state index < -0.39 is 0 Å². The van der Waals surface area contributed by atoms with E-state index in [1.807, 2.05) is 24.3 Å². The molecule has 3 aromatic rings. The normalized spacial score (nSPS) is 18.0. The molecule has 4 rings (SSSR count). The first-order valence-electron chi connectivity index (χ1n) is 10.2. The van der Waals surface area contributed by atoms with Gasteiger partial charge in [0, 0.05) is 24.7 Å². The molecule has 1 aliphatic rings. The minimum Gasteiger partial charge on any atom is -0.309 e. The zero-order valence-electron chi connectivity index (χ0n) is 17.1. The van der Waals surface area contributed by atoms with Crippen molar-refractivity contribution in [3.8, 4) is 0 Å². The fourth-order valence-corrected chi connectivity index (χ4v) is 4.68. The number of hydrogen-bond acceptors (Lipinski definition) is 8. The van der Waals surface area contributed by atoms with E-state index in [9.17, 15) is 9.59 Å². The lowest BCUT2D eigenvalue weighted by Gasteiger charge is -2.09. The zero-order chi connectivity index (χ0) is 21.6. The number of nitrogens with zero attached hydrogens (tertiary/aromatic N) is 5. The topological polar surface area (TPSA) is 123 Å². The molecule has 9 nitrogen and oxygen atoms in total. The van der Waals surface area contributed by atoms with Crippen molar-refractivity contribution in [2.45, 2.75) is 44.9 Å². The summed E-state index contributed by atoms with van der Waals surface area (Å²) in [5, 5.41) is 23.7. The molecule has 2 atom stereocenters. The van der Waals surface area contributed by atoms with Gasteiger partial charge in [-0.3, -0.25) is 14.6 Å². The number of rotatable bonds is 7. The first-order chi connectivity index (χ1) is 15.0. The quantitative estimate of drug-likeness (QED) is 0.582. The summed E-state index contributed by atoms with van der Waals surface area (Å²) in [6, 6.07) is 9.19. The molecule has 0 aromatic carbocycles. The molecule has 1 unspecified atom stereocenters. The molecule has 0 bridgehead atoms. The number of aromatic nitrogens is 5. The Morgan fingerprint density at radius 2 is 1.94 bits per heavy atom. The second-order valence-electron chi connectivity index (χ2n) is 7.66. The monoisotopic (exact) mass is 437 g/mol. The molecule has 2 N–H and O–H groups in total. The Bertz CT molecular complexity index is 1040. The van der Waals surface area contributed by atoms with Crippen molar-refractivity contribution >= 4 is 34.1 Å². The summed E-state index contributed by atoms with van der Waals surface area (Å²) in [7, 11) is 0. The third-order valence-electron chi connectivity index (χ3n) is 5.17. The minimum atomic E-state index is -0.162. The standard InChI is InChI=1S/C21H23N7O2S/c1-13(29)23-18-8-7-17(25-26-18)11-14-5-6-15(10-14)20-27-28-21(31-20)24-19(30)12-16-4-2-3-9-22-16/h2-4,7-9,14-15H,5-6,10-12H2,1H3,(H,23,26,29)(H,24,28,30)/t14?,15-/m0/s1. The Morgan fingerprint density at radius 3 is 2.68 bits per heavy atom. The highest BCUT2D eigenvalue weighted by atomic mass is 32.1. The van der Waals surface area contributed by atoms with E-state index >= 15 is 0 Å². The van der Waals surface area contributed by atoms with Gasteiger partial charge in [0.05, 0.1) is 12.1 Å². The summed E-state index contributed by atoms with van der Waals surface area (Å²) in [5.41, 5.74) is 1.64. The number of carbonyl (C=O) groups is 2. The average Bonchev–Trinajstić information content (AvgIpc) is 3.39. The van der Waals surface area contributed by atoms with Crippen molar-refractivity contribution in [1.82, 2.24) is 25.4 Å². The van der Waals surface area contributed by atoms with Crippen LogP contribution >= 0.6 is 11.3 Å². The SMILES string of the molecule is CC(=O)Nc1ccc(CC2CC[C@H](c3nnc(NC(=O)Cc4ccccn4)s3)C2)nn1. The van der Waals surface area contributed by atoms with E-state index in [2.05, 4.69) is 36.0 Å². The van der Waals surface area contributed by atoms with Gasteiger partial charge in [0.1, 0.15) is 5.01 Å². The van der Waals surface area contributed by atoms with Gasteiger partial charge in [0.25, 0.3) is 0 Å². The fraction of sp³-hybridized carbons (Fsp3) is 0.381. The molecule has 0 spiro atoms. The molecule has 3 heterocycles. The smallest absolute Gasteiger partial charge is 0.232 e. The zero-order valence-corrected chi connectivity index (χ0v) is 17.9. The highest BCUT2D eigenvalue weighted by molar-refractivity contribution is 7.15. The minimum absolute atomic E-state index is 0.146. The average molecular weight is 438 g/mol. The molecule has 3 aromatic heterocycles. The molecular weight excluding hydrogens is 414 g/mol. The highest BCUT2D eigenvalue weighted by Crippen LogP contribution is 2.41. The summed E-state index contributed by atoms with van der Waals surface area (Å²) in [5.74, 6) is 0.997. The Hall–Kier alpha value is -3.27. The van der Waals surface area contributed by atoms with Gasteiger partial charge >= 0.3 is 0 Å². The maximum Gasteiger partial charge on any atom is 0.232 e. The molecule has 0 saturated heterocycles. The third kappa shape index (κ3) is 5.88. The summed E-state index contributed by atoms with van der Waals surface area (Å²) in [6.45, 7) is 1.44. The van der Waals surface area contributed by atoms with Crippen LogP contribution in [0.5, 0.6) is 0 Å². The molecule has 1 saturated carbocycles. The van der Waals surface area contributed by atoms with E-state index in [-0.39, 0.29) is 18.2 Å². The Labute approximate surface area is 183 Å². The molecule has 160 valence electrons. The van der Waals surface area contributed by atoms with Crippen LogP contribution in [-0.4, -0.2) is 37.2 Å². The van der Waals surface area contributed by atoms with Crippen LogP contribution in [0.1, 0.15) is 48.5 Å². The first-order valence-corrected chi connectivity index (χ1v) is 11.0. The summed E-state index contributed by atoms with van der Waals surface area (Å²) >= 11 is 1.44. The number of hydrogen-bond donors (Lipinski definition) is 2. The first kappa shape index (κ1) is 21.0. The second kappa shape index (κ2) is 9.69. The van der Waals surface area contributed by atoms with Crippen LogP contribution in [-0.2, 0) is 22.4 Å². The molecule has 1 fully saturated rings. The van der Waals surface area contributed by atoms with E-state index in [4.69, 9.17) is 0 Å². The van der Waals surface area contributed by atoms with Gasteiger partial charge in [0.15, 0.2) is 5.82 Å². The molecule has 2 amide bonds. The van der Waals surface area contributed by atoms with Gasteiger partial charge < -0.3 is 10.6 Å². The second-order valence-corrected chi connectivity index (χ2v) is 8.67. The summed E-state index contributed by atoms with van der Waals surface area (Å²) in [4.78, 5) is 27.4. The summed E-state index contributed by atoms with van der Waals surface area (Å²) in [6.07, 6.45) is 5.86. The Kier molecular flexibility index (Phi) is 6.56. The van der Waals surface area contributed by atoms with Crippen LogP contribution in [0.25, 0.3) is 0 Å². The molecule has 0 aliphatic heterocycles. The van der Waals surface area contributed by atoms with Gasteiger partial charge in [-0.15, -0.1) is 15.3 Å². The van der Waals surface area contributed by atoms with Crippen LogP contribution in [0, 0.1) is 5.92 Å². The van der Waals surface area contributed by atoms with E-state index in [0.717, 1.165) is 42.1 Å². The van der Waals surface area contributed by atoms with Crippen molar-refractivity contribution in [2.24, 2.45) is 5.92 Å². The van der Waals surface area contributed by atoms with Crippen molar-refractivity contribution in [1.29, 1.82) is 0 Å². The van der Waals surface area contributed by atoms with Crippen LogP contribution in [0.15, 0.2) is 36.5 Å². The maximum absolute atomic E-state index is 12.2. The van der Waals surface area contributed by atoms with Crippen molar-refractivity contribution in [3.05, 3.63) is 52.9 Å². The number of nitrogens with one attached hydrogen (secondary N) is 2. The summed E-state index contributed by atoms with van der Waals surface area (Å²) < 4.78 is 0. The number of anilines is 2. The van der Waals surface area contributed by atoms with Gasteiger partial charge in [-0.25, -0.2) is 0 Å². The molecule has 0 radical (unpaired) electrons. The largest absolute Gasteiger partial charge is 0.309 e.